The van der Waals surface area contributed by atoms with Crippen molar-refractivity contribution in [2.75, 3.05) is 0 Å². The van der Waals surface area contributed by atoms with Crippen molar-refractivity contribution in [1.29, 1.82) is 0 Å². The molecule has 0 N–H and O–H groups in total. The van der Waals surface area contributed by atoms with Gasteiger partial charge in [0.15, 0.2) is 0 Å². The fraction of sp³-hybridized carbons (Fsp3) is 0.0526. The Kier molecular flexibility index (Phi) is 3.27. The molecule has 0 saturated heterocycles. The summed E-state index contributed by atoms with van der Waals surface area (Å²) in [6, 6.07) is 11.5. The first-order chi connectivity index (χ1) is 12.9. The van der Waals surface area contributed by atoms with Crippen LogP contribution in [-0.2, 0) is 6.18 Å². The Balaban J connectivity index is 2.09. The van der Waals surface area contributed by atoms with Crippen LogP contribution in [0.15, 0.2) is 48.7 Å². The summed E-state index contributed by atoms with van der Waals surface area (Å²) in [7, 11) is 0. The van der Waals surface area contributed by atoms with Gasteiger partial charge in [0.05, 0.1) is 27.1 Å². The van der Waals surface area contributed by atoms with Crippen molar-refractivity contribution in [3.8, 4) is 0 Å². The van der Waals surface area contributed by atoms with Crippen molar-refractivity contribution >= 4 is 55.5 Å². The van der Waals surface area contributed by atoms with Crippen LogP contribution in [0.3, 0.4) is 0 Å². The smallest absolute Gasteiger partial charge is 0.254 e. The lowest BCUT2D eigenvalue weighted by atomic mass is 10.1. The number of pyridine rings is 2. The first kappa shape index (κ1) is 16.1. The summed E-state index contributed by atoms with van der Waals surface area (Å²) in [6.45, 7) is 0. The highest BCUT2D eigenvalue weighted by Crippen LogP contribution is 2.39. The molecule has 0 radical (unpaired) electrons. The van der Waals surface area contributed by atoms with E-state index >= 15 is 0 Å². The number of alkyl halides is 3. The van der Waals surface area contributed by atoms with Gasteiger partial charge in [-0.1, -0.05) is 23.7 Å². The minimum absolute atomic E-state index is 0.0579. The number of hydrogen-bond acceptors (Lipinski definition) is 4. The van der Waals surface area contributed by atoms with E-state index in [1.165, 1.54) is 6.20 Å². The zero-order chi connectivity index (χ0) is 18.8. The van der Waals surface area contributed by atoms with Crippen molar-refractivity contribution in [3.05, 3.63) is 59.4 Å². The minimum atomic E-state index is -4.62. The van der Waals surface area contributed by atoms with Crippen molar-refractivity contribution < 1.29 is 13.2 Å². The maximum Gasteiger partial charge on any atom is 0.433 e. The molecule has 2 aromatic carbocycles. The lowest BCUT2D eigenvalue weighted by Gasteiger charge is -2.12. The summed E-state index contributed by atoms with van der Waals surface area (Å²) in [4.78, 5) is 17.3. The second-order valence-corrected chi connectivity index (χ2v) is 6.43. The molecule has 3 heterocycles. The average Bonchev–Trinajstić information content (AvgIpc) is 2.65. The number of aromatic nitrogens is 4. The number of benzene rings is 2. The molecule has 0 spiro atoms. The maximum atomic E-state index is 13.2. The van der Waals surface area contributed by atoms with E-state index < -0.39 is 11.9 Å². The number of para-hydroxylation sites is 2. The van der Waals surface area contributed by atoms with E-state index in [9.17, 15) is 13.2 Å². The summed E-state index contributed by atoms with van der Waals surface area (Å²) < 4.78 is 39.7. The van der Waals surface area contributed by atoms with Gasteiger partial charge in [-0.3, -0.25) is 4.98 Å². The van der Waals surface area contributed by atoms with Crippen molar-refractivity contribution in [1.82, 2.24) is 19.9 Å². The zero-order valence-electron chi connectivity index (χ0n) is 13.4. The molecule has 5 rings (SSSR count). The predicted octanol–water partition coefficient (Wildman–Crippen LogP) is 5.55. The van der Waals surface area contributed by atoms with E-state index in [4.69, 9.17) is 11.6 Å². The van der Waals surface area contributed by atoms with Gasteiger partial charge in [0.2, 0.25) is 0 Å². The number of rotatable bonds is 0. The first-order valence-corrected chi connectivity index (χ1v) is 8.32. The Morgan fingerprint density at radius 3 is 2.15 bits per heavy atom. The maximum absolute atomic E-state index is 13.2. The van der Waals surface area contributed by atoms with Gasteiger partial charge in [-0.15, -0.1) is 0 Å². The zero-order valence-corrected chi connectivity index (χ0v) is 14.2. The third-order valence-electron chi connectivity index (χ3n) is 4.36. The lowest BCUT2D eigenvalue weighted by Crippen LogP contribution is -2.08. The van der Waals surface area contributed by atoms with Crippen LogP contribution in [-0.4, -0.2) is 19.9 Å². The summed E-state index contributed by atoms with van der Waals surface area (Å²) >= 11 is 6.26. The summed E-state index contributed by atoms with van der Waals surface area (Å²) in [5, 5.41) is 0.791. The molecule has 0 fully saturated rings. The fourth-order valence-electron chi connectivity index (χ4n) is 3.20. The Morgan fingerprint density at radius 1 is 0.778 bits per heavy atom. The van der Waals surface area contributed by atoms with Crippen molar-refractivity contribution in [2.24, 2.45) is 0 Å². The lowest BCUT2D eigenvalue weighted by molar-refractivity contribution is -0.140. The molecule has 3 aromatic heterocycles. The molecule has 5 aromatic rings. The SMILES string of the molecule is FC(F)(F)c1cc(Cl)c2c(n1)c1ncccc1c1nc3ccccc3nc12. The van der Waals surface area contributed by atoms with Crippen LogP contribution >= 0.6 is 11.6 Å². The Morgan fingerprint density at radius 2 is 1.44 bits per heavy atom. The normalized spacial score (nSPS) is 12.4. The third kappa shape index (κ3) is 2.39. The van der Waals surface area contributed by atoms with Gasteiger partial charge in [0.25, 0.3) is 0 Å². The van der Waals surface area contributed by atoms with E-state index in [1.807, 2.05) is 18.2 Å². The van der Waals surface area contributed by atoms with E-state index in [1.54, 1.807) is 18.2 Å². The quantitative estimate of drug-likeness (QED) is 0.259. The molecule has 0 atom stereocenters. The monoisotopic (exact) mass is 384 g/mol. The minimum Gasteiger partial charge on any atom is -0.254 e. The molecular weight excluding hydrogens is 377 g/mol. The Bertz CT molecular complexity index is 1380. The standard InChI is InChI=1S/C19H8ClF3N4/c20-10-8-13(19(21,22)23)27-17-14(10)18-16(9-4-3-7-24-15(9)17)25-11-5-1-2-6-12(11)26-18/h1-8H. The molecule has 0 bridgehead atoms. The third-order valence-corrected chi connectivity index (χ3v) is 4.65. The molecule has 0 amide bonds. The van der Waals surface area contributed by atoms with Crippen LogP contribution in [0.5, 0.6) is 0 Å². The van der Waals surface area contributed by atoms with E-state index in [0.717, 1.165) is 6.07 Å². The molecular formula is C19H8ClF3N4. The molecule has 8 heteroatoms. The van der Waals surface area contributed by atoms with Crippen LogP contribution in [0.1, 0.15) is 5.69 Å². The van der Waals surface area contributed by atoms with Crippen LogP contribution in [0.2, 0.25) is 5.02 Å². The van der Waals surface area contributed by atoms with E-state index in [0.29, 0.717) is 38.4 Å². The molecule has 0 aliphatic carbocycles. The highest BCUT2D eigenvalue weighted by atomic mass is 35.5. The van der Waals surface area contributed by atoms with Crippen molar-refractivity contribution in [2.45, 2.75) is 6.18 Å². The van der Waals surface area contributed by atoms with Gasteiger partial charge in [0.1, 0.15) is 16.7 Å². The summed E-state index contributed by atoms with van der Waals surface area (Å²) in [6.07, 6.45) is -3.12. The molecule has 0 saturated carbocycles. The van der Waals surface area contributed by atoms with Gasteiger partial charge in [-0.25, -0.2) is 15.0 Å². The fourth-order valence-corrected chi connectivity index (χ4v) is 3.49. The summed E-state index contributed by atoms with van der Waals surface area (Å²) in [5.41, 5.74) is 1.50. The van der Waals surface area contributed by atoms with E-state index in [2.05, 4.69) is 19.9 Å². The predicted molar refractivity (Wildman–Crippen MR) is 97.7 cm³/mol. The Hall–Kier alpha value is -3.06. The highest BCUT2D eigenvalue weighted by Gasteiger charge is 2.34. The van der Waals surface area contributed by atoms with Gasteiger partial charge in [-0.05, 0) is 30.3 Å². The largest absolute Gasteiger partial charge is 0.433 e. The topological polar surface area (TPSA) is 51.6 Å². The van der Waals surface area contributed by atoms with Crippen LogP contribution in [0.25, 0.3) is 43.9 Å². The van der Waals surface area contributed by atoms with E-state index in [-0.39, 0.29) is 10.5 Å². The molecule has 0 aliphatic heterocycles. The molecule has 0 aliphatic rings. The number of nitrogens with zero attached hydrogens (tertiary/aromatic N) is 4. The number of fused-ring (bicyclic) bond motifs is 7. The molecule has 27 heavy (non-hydrogen) atoms. The molecule has 0 unspecified atom stereocenters. The molecule has 132 valence electrons. The molecule has 4 nitrogen and oxygen atoms in total. The van der Waals surface area contributed by atoms with Gasteiger partial charge in [0, 0.05) is 17.0 Å². The Labute approximate surface area is 154 Å². The van der Waals surface area contributed by atoms with Gasteiger partial charge in [-0.2, -0.15) is 13.2 Å². The number of hydrogen-bond donors (Lipinski definition) is 0. The van der Waals surface area contributed by atoms with Crippen LogP contribution < -0.4 is 0 Å². The van der Waals surface area contributed by atoms with Gasteiger partial charge >= 0.3 is 6.18 Å². The van der Waals surface area contributed by atoms with Crippen molar-refractivity contribution in [3.63, 3.8) is 0 Å². The van der Waals surface area contributed by atoms with Gasteiger partial charge < -0.3 is 0 Å². The van der Waals surface area contributed by atoms with Crippen LogP contribution in [0.4, 0.5) is 13.2 Å². The first-order valence-electron chi connectivity index (χ1n) is 7.94. The highest BCUT2D eigenvalue weighted by molar-refractivity contribution is 6.39. The number of halogens is 4. The second kappa shape index (κ2) is 5.47. The average molecular weight is 385 g/mol. The van der Waals surface area contributed by atoms with Crippen LogP contribution in [0, 0.1) is 0 Å². The summed E-state index contributed by atoms with van der Waals surface area (Å²) in [5.74, 6) is 0. The second-order valence-electron chi connectivity index (χ2n) is 6.02.